The van der Waals surface area contributed by atoms with Gasteiger partial charge in [-0.15, -0.1) is 0 Å². The molecule has 0 spiro atoms. The molecule has 2 aliphatic heterocycles. The van der Waals surface area contributed by atoms with Gasteiger partial charge in [0.25, 0.3) is 5.91 Å². The van der Waals surface area contributed by atoms with Gasteiger partial charge < -0.3 is 29.4 Å². The Morgan fingerprint density at radius 3 is 2.80 bits per heavy atom. The van der Waals surface area contributed by atoms with Gasteiger partial charge in [-0.2, -0.15) is 5.26 Å². The van der Waals surface area contributed by atoms with Crippen molar-refractivity contribution >= 4 is 33.8 Å². The number of benzene rings is 1. The number of anilines is 1. The minimum Gasteiger partial charge on any atom is -0.494 e. The number of hydrogen-bond donors (Lipinski definition) is 1. The van der Waals surface area contributed by atoms with Crippen molar-refractivity contribution in [3.05, 3.63) is 60.2 Å². The summed E-state index contributed by atoms with van der Waals surface area (Å²) < 4.78 is 10.3. The summed E-state index contributed by atoms with van der Waals surface area (Å²) >= 11 is 0. The van der Waals surface area contributed by atoms with Gasteiger partial charge in [-0.05, 0) is 61.4 Å². The van der Waals surface area contributed by atoms with Crippen LogP contribution in [0, 0.1) is 23.2 Å². The fraction of sp³-hybridized carbons (Fsp3) is 0.394. The van der Waals surface area contributed by atoms with Gasteiger partial charge in [-0.3, -0.25) is 9.78 Å². The Morgan fingerprint density at radius 1 is 1.16 bits per heavy atom. The molecular weight excluding hydrogens is 568 g/mol. The Balaban J connectivity index is 1.21. The highest BCUT2D eigenvalue weighted by atomic mass is 16.5. The number of amides is 1. The SMILES string of the molecule is COc1cc(C(=O)N2C[C@H]3CC[C@@H]2[C@@H]3N)cc2nc(-c3cc4cccnc4n3C)n(C[C@H]3CCN(c4cncc(C#N)n4)C3)c12. The molecule has 3 fully saturated rings. The first-order valence-corrected chi connectivity index (χ1v) is 15.5. The van der Waals surface area contributed by atoms with Gasteiger partial charge in [0.2, 0.25) is 0 Å². The van der Waals surface area contributed by atoms with Crippen LogP contribution in [-0.2, 0) is 13.6 Å². The van der Waals surface area contributed by atoms with E-state index >= 15 is 0 Å². The summed E-state index contributed by atoms with van der Waals surface area (Å²) in [5, 5.41) is 10.3. The van der Waals surface area contributed by atoms with Crippen LogP contribution < -0.4 is 15.4 Å². The lowest BCUT2D eigenvalue weighted by Gasteiger charge is -2.27. The minimum atomic E-state index is -0.0186. The molecule has 2 N–H and O–H groups in total. The molecule has 4 atom stereocenters. The highest BCUT2D eigenvalue weighted by Gasteiger charge is 2.47. The number of hydrogen-bond acceptors (Lipinski definition) is 9. The number of nitrogens with two attached hydrogens (primary N) is 1. The van der Waals surface area contributed by atoms with Crippen LogP contribution >= 0.6 is 0 Å². The molecule has 1 amide bonds. The van der Waals surface area contributed by atoms with Gasteiger partial charge in [0.15, 0.2) is 11.5 Å². The van der Waals surface area contributed by atoms with Crippen LogP contribution in [0.1, 0.15) is 35.3 Å². The van der Waals surface area contributed by atoms with Crippen molar-refractivity contribution in [1.29, 1.82) is 5.26 Å². The number of rotatable bonds is 6. The topological polar surface area (TPSA) is 144 Å². The predicted molar refractivity (Wildman–Crippen MR) is 169 cm³/mol. The molecule has 0 unspecified atom stereocenters. The van der Waals surface area contributed by atoms with Crippen LogP contribution in [0.3, 0.4) is 0 Å². The van der Waals surface area contributed by atoms with E-state index in [1.54, 1.807) is 19.5 Å². The lowest BCUT2D eigenvalue weighted by atomic mass is 10.1. The molecule has 5 aromatic rings. The molecular formula is C33H34N10O2. The molecule has 45 heavy (non-hydrogen) atoms. The van der Waals surface area contributed by atoms with E-state index in [4.69, 9.17) is 15.5 Å². The summed E-state index contributed by atoms with van der Waals surface area (Å²) in [6.45, 7) is 2.95. The molecule has 8 rings (SSSR count). The van der Waals surface area contributed by atoms with Crippen molar-refractivity contribution in [3.63, 3.8) is 0 Å². The average molecular weight is 603 g/mol. The van der Waals surface area contributed by atoms with Crippen molar-refractivity contribution in [3.8, 4) is 23.3 Å². The van der Waals surface area contributed by atoms with Crippen LogP contribution in [-0.4, -0.2) is 78.7 Å². The Labute approximate surface area is 260 Å². The summed E-state index contributed by atoms with van der Waals surface area (Å²) in [6.07, 6.45) is 7.96. The van der Waals surface area contributed by atoms with E-state index in [2.05, 4.69) is 47.2 Å². The summed E-state index contributed by atoms with van der Waals surface area (Å²) in [5.74, 6) is 2.74. The Kier molecular flexibility index (Phi) is 6.46. The number of imidazole rings is 1. The number of fused-ring (bicyclic) bond motifs is 4. The van der Waals surface area contributed by atoms with E-state index in [1.807, 2.05) is 30.1 Å². The number of methoxy groups -OCH3 is 1. The molecule has 6 heterocycles. The summed E-state index contributed by atoms with van der Waals surface area (Å²) in [4.78, 5) is 36.5. The van der Waals surface area contributed by atoms with Crippen molar-refractivity contribution in [2.75, 3.05) is 31.6 Å². The number of likely N-dealkylation sites (tertiary alicyclic amines) is 1. The number of carbonyl (C=O) groups excluding carboxylic acids is 1. The van der Waals surface area contributed by atoms with Gasteiger partial charge in [0.1, 0.15) is 28.8 Å². The third-order valence-corrected chi connectivity index (χ3v) is 9.99. The molecule has 12 nitrogen and oxygen atoms in total. The Bertz CT molecular complexity index is 2010. The summed E-state index contributed by atoms with van der Waals surface area (Å²) in [7, 11) is 3.65. The molecule has 1 aliphatic carbocycles. The van der Waals surface area contributed by atoms with Crippen molar-refractivity contribution in [2.45, 2.75) is 37.9 Å². The standard InChI is InChI=1S/C33H34N10O2/c1-40-26(11-20-4-3-8-37-31(20)40)32-39-24-10-22(33(44)42-18-21-5-6-25(42)29(21)35)12-27(45-2)30(24)43(32)17-19-7-9-41(16-19)28-15-36-14-23(13-34)38-28/h3-4,8,10-12,14-15,19,21,25,29H,5-7,9,16-18,35H2,1-2H3/t19-,21+,25+,29+/m0/s1. The normalized spacial score (nSPS) is 22.5. The van der Waals surface area contributed by atoms with Crippen LogP contribution in [0.2, 0.25) is 0 Å². The zero-order chi connectivity index (χ0) is 30.8. The fourth-order valence-electron chi connectivity index (χ4n) is 7.72. The molecule has 0 radical (unpaired) electrons. The number of aromatic nitrogens is 6. The number of ether oxygens (including phenoxy) is 1. The first-order valence-electron chi connectivity index (χ1n) is 15.5. The third-order valence-electron chi connectivity index (χ3n) is 9.99. The van der Waals surface area contributed by atoms with Crippen molar-refractivity contribution in [1.82, 2.24) is 34.0 Å². The maximum absolute atomic E-state index is 13.9. The van der Waals surface area contributed by atoms with Gasteiger partial charge in [-0.25, -0.2) is 15.0 Å². The zero-order valence-corrected chi connectivity index (χ0v) is 25.3. The largest absolute Gasteiger partial charge is 0.494 e. The smallest absolute Gasteiger partial charge is 0.254 e. The Hall–Kier alpha value is -5.02. The molecule has 4 aromatic heterocycles. The second-order valence-electron chi connectivity index (χ2n) is 12.5. The van der Waals surface area contributed by atoms with Gasteiger partial charge >= 0.3 is 0 Å². The van der Waals surface area contributed by atoms with Crippen LogP contribution in [0.15, 0.2) is 48.9 Å². The quantitative estimate of drug-likeness (QED) is 0.309. The maximum atomic E-state index is 13.9. The van der Waals surface area contributed by atoms with Gasteiger partial charge in [0, 0.05) is 62.5 Å². The van der Waals surface area contributed by atoms with Gasteiger partial charge in [-0.1, -0.05) is 0 Å². The predicted octanol–water partition coefficient (Wildman–Crippen LogP) is 3.35. The molecule has 1 aromatic carbocycles. The van der Waals surface area contributed by atoms with E-state index in [1.165, 1.54) is 6.20 Å². The van der Waals surface area contributed by atoms with E-state index in [9.17, 15) is 10.1 Å². The average Bonchev–Trinajstić information content (AvgIpc) is 3.90. The number of piperidine rings is 1. The number of nitriles is 1. The summed E-state index contributed by atoms with van der Waals surface area (Å²) in [5.41, 5.74) is 10.7. The molecule has 12 heteroatoms. The summed E-state index contributed by atoms with van der Waals surface area (Å²) in [6, 6.07) is 12.1. The number of carbonyl (C=O) groups is 1. The van der Waals surface area contributed by atoms with E-state index in [0.717, 1.165) is 60.4 Å². The molecule has 2 saturated heterocycles. The second kappa shape index (κ2) is 10.6. The van der Waals surface area contributed by atoms with E-state index in [-0.39, 0.29) is 23.9 Å². The third kappa shape index (κ3) is 4.41. The number of nitrogens with zero attached hydrogens (tertiary/aromatic N) is 9. The number of aryl methyl sites for hydroxylation is 1. The molecule has 1 saturated carbocycles. The number of pyridine rings is 1. The second-order valence-corrected chi connectivity index (χ2v) is 12.5. The lowest BCUT2D eigenvalue weighted by Crippen LogP contribution is -2.41. The van der Waals surface area contributed by atoms with Crippen molar-refractivity contribution < 1.29 is 9.53 Å². The first-order chi connectivity index (χ1) is 21.9. The minimum absolute atomic E-state index is 0.0186. The highest BCUT2D eigenvalue weighted by molar-refractivity contribution is 6.00. The monoisotopic (exact) mass is 602 g/mol. The Morgan fingerprint density at radius 2 is 2.04 bits per heavy atom. The van der Waals surface area contributed by atoms with Crippen LogP contribution in [0.5, 0.6) is 5.75 Å². The fourth-order valence-corrected chi connectivity index (χ4v) is 7.72. The highest BCUT2D eigenvalue weighted by Crippen LogP contribution is 2.40. The first kappa shape index (κ1) is 27.5. The van der Waals surface area contributed by atoms with E-state index in [0.29, 0.717) is 47.3 Å². The van der Waals surface area contributed by atoms with Gasteiger partial charge in [0.05, 0.1) is 30.7 Å². The zero-order valence-electron chi connectivity index (χ0n) is 25.3. The lowest BCUT2D eigenvalue weighted by molar-refractivity contribution is 0.0700. The molecule has 3 aliphatic rings. The van der Waals surface area contributed by atoms with E-state index < -0.39 is 0 Å². The molecule has 2 bridgehead atoms. The van der Waals surface area contributed by atoms with Crippen LogP contribution in [0.25, 0.3) is 33.6 Å². The van der Waals surface area contributed by atoms with Crippen LogP contribution in [0.4, 0.5) is 5.82 Å². The maximum Gasteiger partial charge on any atom is 0.254 e. The van der Waals surface area contributed by atoms with Crippen molar-refractivity contribution in [2.24, 2.45) is 24.6 Å². The molecule has 228 valence electrons.